The van der Waals surface area contributed by atoms with Crippen LogP contribution >= 0.6 is 0 Å². The van der Waals surface area contributed by atoms with Gasteiger partial charge in [-0.3, -0.25) is 10.1 Å². The molecule has 0 aromatic heterocycles. The maximum Gasteiger partial charge on any atom is 0.338 e. The van der Waals surface area contributed by atoms with Gasteiger partial charge in [-0.05, 0) is 12.1 Å². The molecule has 0 unspecified atom stereocenters. The highest BCUT2D eigenvalue weighted by Gasteiger charge is 2.58. The van der Waals surface area contributed by atoms with Gasteiger partial charge in [0.15, 0.2) is 6.29 Å². The molecule has 2 aliphatic heterocycles. The van der Waals surface area contributed by atoms with Crippen molar-refractivity contribution in [3.8, 4) is 0 Å². The molecule has 2 fully saturated rings. The fourth-order valence-corrected chi connectivity index (χ4v) is 3.58. The molecule has 0 saturated carbocycles. The molecule has 0 bridgehead atoms. The van der Waals surface area contributed by atoms with E-state index >= 15 is 0 Å². The Morgan fingerprint density at radius 1 is 1.00 bits per heavy atom. The van der Waals surface area contributed by atoms with Crippen molar-refractivity contribution in [2.45, 2.75) is 54.8 Å². The Bertz CT molecular complexity index is 867. The number of esters is 1. The first-order valence-electron chi connectivity index (χ1n) is 10.1. The quantitative estimate of drug-likeness (QED) is 0.106. The Morgan fingerprint density at radius 2 is 1.65 bits per heavy atom. The Balaban J connectivity index is 1.68. The number of aliphatic hydroxyl groups excluding tert-OH is 7. The van der Waals surface area contributed by atoms with Crippen LogP contribution in [0, 0.1) is 10.1 Å². The Hall–Kier alpha value is -2.31. The lowest BCUT2D eigenvalue weighted by Gasteiger charge is -2.43. The summed E-state index contributed by atoms with van der Waals surface area (Å²) in [7, 11) is 0. The highest BCUT2D eigenvalue weighted by Crippen LogP contribution is 2.36. The van der Waals surface area contributed by atoms with Crippen LogP contribution in [0.2, 0.25) is 0 Å². The number of nitro groups is 1. The smallest absolute Gasteiger partial charge is 0.338 e. The predicted molar refractivity (Wildman–Crippen MR) is 105 cm³/mol. The highest BCUT2D eigenvalue weighted by molar-refractivity contribution is 5.89. The van der Waals surface area contributed by atoms with Crippen LogP contribution in [0.1, 0.15) is 10.4 Å². The summed E-state index contributed by atoms with van der Waals surface area (Å²) < 4.78 is 20.9. The summed E-state index contributed by atoms with van der Waals surface area (Å²) >= 11 is 0. The van der Waals surface area contributed by atoms with E-state index < -0.39 is 85.5 Å². The van der Waals surface area contributed by atoms with Gasteiger partial charge in [-0.2, -0.15) is 0 Å². The molecule has 1 aromatic carbocycles. The van der Waals surface area contributed by atoms with E-state index in [0.29, 0.717) is 0 Å². The zero-order valence-electron chi connectivity index (χ0n) is 17.5. The number of non-ortho nitro benzene ring substituents is 1. The van der Waals surface area contributed by atoms with Gasteiger partial charge in [-0.15, -0.1) is 0 Å². The van der Waals surface area contributed by atoms with Crippen molar-refractivity contribution < 1.29 is 64.4 Å². The van der Waals surface area contributed by atoms with E-state index in [9.17, 15) is 50.7 Å². The van der Waals surface area contributed by atoms with E-state index in [4.69, 9.17) is 18.9 Å². The largest absolute Gasteiger partial charge is 0.459 e. The van der Waals surface area contributed by atoms with Crippen LogP contribution in [0.3, 0.4) is 0 Å². The number of carbonyl (C=O) groups excluding carboxylic acids is 1. The van der Waals surface area contributed by atoms with Crippen molar-refractivity contribution in [3.63, 3.8) is 0 Å². The van der Waals surface area contributed by atoms with Gasteiger partial charge in [-0.1, -0.05) is 0 Å². The Morgan fingerprint density at radius 3 is 2.18 bits per heavy atom. The van der Waals surface area contributed by atoms with Crippen LogP contribution in [-0.2, 0) is 18.9 Å². The topological polar surface area (TPSA) is 239 Å². The van der Waals surface area contributed by atoms with E-state index in [1.165, 1.54) is 0 Å². The third-order valence-electron chi connectivity index (χ3n) is 5.58. The second kappa shape index (κ2) is 10.5. The summed E-state index contributed by atoms with van der Waals surface area (Å²) in [6.45, 7) is -2.44. The molecule has 190 valence electrons. The molecule has 0 amide bonds. The molecule has 9 atom stereocenters. The van der Waals surface area contributed by atoms with Crippen LogP contribution in [0.15, 0.2) is 24.3 Å². The second-order valence-corrected chi connectivity index (χ2v) is 7.78. The number of hydrogen-bond acceptors (Lipinski definition) is 14. The van der Waals surface area contributed by atoms with E-state index in [1.54, 1.807) is 0 Å². The van der Waals surface area contributed by atoms with Crippen molar-refractivity contribution >= 4 is 11.7 Å². The first-order valence-corrected chi connectivity index (χ1v) is 10.1. The average molecular weight is 491 g/mol. The van der Waals surface area contributed by atoms with Gasteiger partial charge < -0.3 is 54.7 Å². The van der Waals surface area contributed by atoms with Gasteiger partial charge in [0.2, 0.25) is 5.79 Å². The maximum absolute atomic E-state index is 12.2. The molecule has 34 heavy (non-hydrogen) atoms. The van der Waals surface area contributed by atoms with E-state index in [-0.39, 0.29) is 11.3 Å². The summed E-state index contributed by atoms with van der Waals surface area (Å²) in [5, 5.41) is 80.5. The molecule has 2 aliphatic rings. The molecule has 2 heterocycles. The summed E-state index contributed by atoms with van der Waals surface area (Å²) in [6.07, 6.45) is -13.7. The number of aliphatic hydroxyl groups is 7. The minimum Gasteiger partial charge on any atom is -0.459 e. The van der Waals surface area contributed by atoms with E-state index in [2.05, 4.69) is 0 Å². The molecule has 1 aromatic rings. The van der Waals surface area contributed by atoms with Crippen LogP contribution in [0.5, 0.6) is 0 Å². The predicted octanol–water partition coefficient (Wildman–Crippen LogP) is -3.62. The fraction of sp³-hybridized carbons (Fsp3) is 0.632. The van der Waals surface area contributed by atoms with Crippen molar-refractivity contribution in [1.29, 1.82) is 0 Å². The first-order chi connectivity index (χ1) is 16.0. The summed E-state index contributed by atoms with van der Waals surface area (Å²) in [5.41, 5.74) is -0.294. The number of nitro benzene ring substituents is 1. The first kappa shape index (κ1) is 26.3. The molecular weight excluding hydrogens is 466 g/mol. The van der Waals surface area contributed by atoms with Crippen LogP contribution in [0.4, 0.5) is 5.69 Å². The van der Waals surface area contributed by atoms with Crippen LogP contribution in [-0.4, -0.2) is 121 Å². The minimum absolute atomic E-state index is 0.0463. The summed E-state index contributed by atoms with van der Waals surface area (Å²) in [5.74, 6) is -3.28. The van der Waals surface area contributed by atoms with E-state index in [0.717, 1.165) is 24.3 Å². The van der Waals surface area contributed by atoms with E-state index in [1.807, 2.05) is 0 Å². The zero-order valence-corrected chi connectivity index (χ0v) is 17.5. The second-order valence-electron chi connectivity index (χ2n) is 7.78. The standard InChI is InChI=1S/C19H25NO14/c21-5-10-13(24)16(27)19(7-22,33-10)34-18-15(26)14(25)12(23)11(32-18)6-31-17(28)8-1-3-9(4-2-8)20(29)30/h1-4,10-16,18,21-27H,5-7H2/t10-,11-,12+,13+,14+,15-,16+,18-,19-/m0/s1. The maximum atomic E-state index is 12.2. The van der Waals surface area contributed by atoms with Crippen molar-refractivity contribution in [2.75, 3.05) is 19.8 Å². The van der Waals surface area contributed by atoms with Crippen molar-refractivity contribution in [1.82, 2.24) is 0 Å². The van der Waals surface area contributed by atoms with Gasteiger partial charge in [0, 0.05) is 12.1 Å². The van der Waals surface area contributed by atoms with Crippen molar-refractivity contribution in [2.24, 2.45) is 0 Å². The fourth-order valence-electron chi connectivity index (χ4n) is 3.58. The SMILES string of the molecule is O=C(OC[C@@H]1O[C@@H](O[C@]2(CO)O[C@@H](CO)[C@@H](O)[C@H]2O)[C@@H](O)[C@H](O)[C@@H]1O)c1ccc([N+](=O)[O-])cc1. The third-order valence-corrected chi connectivity index (χ3v) is 5.58. The lowest BCUT2D eigenvalue weighted by Crippen LogP contribution is -2.62. The lowest BCUT2D eigenvalue weighted by atomic mass is 9.99. The number of rotatable bonds is 8. The number of benzene rings is 1. The van der Waals surface area contributed by atoms with Gasteiger partial charge >= 0.3 is 5.97 Å². The highest BCUT2D eigenvalue weighted by atomic mass is 16.8. The normalized spacial score (nSPS) is 38.0. The molecule has 0 spiro atoms. The summed E-state index contributed by atoms with van der Waals surface area (Å²) in [6, 6.07) is 4.47. The third kappa shape index (κ3) is 5.03. The Labute approximate surface area is 191 Å². The van der Waals surface area contributed by atoms with Gasteiger partial charge in [-0.25, -0.2) is 4.79 Å². The number of nitrogens with zero attached hydrogens (tertiary/aromatic N) is 1. The molecule has 15 heteroatoms. The van der Waals surface area contributed by atoms with Crippen molar-refractivity contribution in [3.05, 3.63) is 39.9 Å². The molecule has 3 rings (SSSR count). The Kier molecular flexibility index (Phi) is 8.14. The average Bonchev–Trinajstić information content (AvgIpc) is 3.08. The van der Waals surface area contributed by atoms with Gasteiger partial charge in [0.25, 0.3) is 5.69 Å². The lowest BCUT2D eigenvalue weighted by molar-refractivity contribution is -0.384. The molecule has 2 saturated heterocycles. The van der Waals surface area contributed by atoms with Gasteiger partial charge in [0.05, 0.1) is 17.1 Å². The zero-order chi connectivity index (χ0) is 25.2. The van der Waals surface area contributed by atoms with Gasteiger partial charge in [0.1, 0.15) is 55.9 Å². The number of hydrogen-bond donors (Lipinski definition) is 7. The molecular formula is C19H25NO14. The molecule has 0 aliphatic carbocycles. The number of ether oxygens (including phenoxy) is 4. The molecule has 0 radical (unpaired) electrons. The summed E-state index contributed by atoms with van der Waals surface area (Å²) in [4.78, 5) is 22.3. The van der Waals surface area contributed by atoms with Crippen LogP contribution < -0.4 is 0 Å². The molecule has 7 N–H and O–H groups in total. The number of carbonyl (C=O) groups is 1. The monoisotopic (exact) mass is 491 g/mol. The molecule has 15 nitrogen and oxygen atoms in total. The minimum atomic E-state index is -2.35. The van der Waals surface area contributed by atoms with Crippen LogP contribution in [0.25, 0.3) is 0 Å².